The van der Waals surface area contributed by atoms with Gasteiger partial charge in [-0.15, -0.1) is 0 Å². The summed E-state index contributed by atoms with van der Waals surface area (Å²) in [7, 11) is -2.89. The fraction of sp³-hybridized carbons (Fsp3) is 0.136. The van der Waals surface area contributed by atoms with Crippen molar-refractivity contribution in [1.29, 1.82) is 0 Å². The van der Waals surface area contributed by atoms with E-state index in [9.17, 15) is 17.6 Å². The lowest BCUT2D eigenvalue weighted by atomic mass is 10.1. The summed E-state index contributed by atoms with van der Waals surface area (Å²) in [5.41, 5.74) is 0.639. The molecule has 2 N–H and O–H groups in total. The Kier molecular flexibility index (Phi) is 7.89. The lowest BCUT2D eigenvalue weighted by Gasteiger charge is -2.20. The van der Waals surface area contributed by atoms with E-state index in [2.05, 4.69) is 26.0 Å². The first kappa shape index (κ1) is 24.2. The van der Waals surface area contributed by atoms with E-state index >= 15 is 0 Å². The van der Waals surface area contributed by atoms with Crippen LogP contribution >= 0.6 is 27.5 Å². The summed E-state index contributed by atoms with van der Waals surface area (Å²) in [6.45, 7) is 0. The number of hydrogen-bond donors (Lipinski definition) is 2. The number of rotatable bonds is 8. The van der Waals surface area contributed by atoms with Crippen LogP contribution in [-0.4, -0.2) is 27.5 Å². The number of hydrogen-bond acceptors (Lipinski definition) is 4. The van der Waals surface area contributed by atoms with Crippen molar-refractivity contribution in [2.75, 3.05) is 12.4 Å². The fourth-order valence-corrected chi connectivity index (χ4v) is 4.92. The maximum absolute atomic E-state index is 14.2. The van der Waals surface area contributed by atoms with Gasteiger partial charge in [-0.1, -0.05) is 57.9 Å². The van der Waals surface area contributed by atoms with Gasteiger partial charge in [-0.25, -0.2) is 12.8 Å². The molecule has 3 aromatic carbocycles. The first-order chi connectivity index (χ1) is 15.2. The van der Waals surface area contributed by atoms with E-state index in [0.717, 1.165) is 0 Å². The summed E-state index contributed by atoms with van der Waals surface area (Å²) >= 11 is 9.13. The molecule has 32 heavy (non-hydrogen) atoms. The lowest BCUT2D eigenvalue weighted by Crippen LogP contribution is -2.45. The van der Waals surface area contributed by atoms with Crippen LogP contribution in [-0.2, 0) is 21.2 Å². The van der Waals surface area contributed by atoms with Gasteiger partial charge in [0.15, 0.2) is 0 Å². The molecule has 0 spiro atoms. The minimum absolute atomic E-state index is 0.0347. The van der Waals surface area contributed by atoms with E-state index in [1.165, 1.54) is 37.4 Å². The minimum Gasteiger partial charge on any atom is -0.495 e. The number of anilines is 1. The van der Waals surface area contributed by atoms with E-state index in [0.29, 0.717) is 10.0 Å². The Labute approximate surface area is 198 Å². The van der Waals surface area contributed by atoms with Crippen molar-refractivity contribution in [2.45, 2.75) is 17.4 Å². The highest BCUT2D eigenvalue weighted by Gasteiger charge is 2.29. The van der Waals surface area contributed by atoms with Crippen molar-refractivity contribution in [2.24, 2.45) is 0 Å². The third kappa shape index (κ3) is 6.07. The topological polar surface area (TPSA) is 84.5 Å². The Morgan fingerprint density at radius 2 is 1.84 bits per heavy atom. The van der Waals surface area contributed by atoms with E-state index in [4.69, 9.17) is 16.3 Å². The number of sulfonamides is 1. The maximum atomic E-state index is 14.2. The molecule has 168 valence electrons. The minimum atomic E-state index is -4.22. The Balaban J connectivity index is 1.93. The predicted molar refractivity (Wildman–Crippen MR) is 125 cm³/mol. The zero-order chi connectivity index (χ0) is 23.3. The molecule has 10 heteroatoms. The first-order valence-electron chi connectivity index (χ1n) is 9.35. The molecule has 0 aliphatic heterocycles. The third-order valence-corrected chi connectivity index (χ3v) is 6.72. The van der Waals surface area contributed by atoms with Gasteiger partial charge >= 0.3 is 0 Å². The molecule has 3 rings (SSSR count). The van der Waals surface area contributed by atoms with Gasteiger partial charge in [0.1, 0.15) is 22.5 Å². The van der Waals surface area contributed by atoms with Crippen LogP contribution < -0.4 is 14.8 Å². The molecule has 0 saturated carbocycles. The maximum Gasteiger partial charge on any atom is 0.245 e. The lowest BCUT2D eigenvalue weighted by molar-refractivity contribution is -0.117. The molecule has 0 bridgehead atoms. The molecular weight excluding hydrogens is 523 g/mol. The van der Waals surface area contributed by atoms with Crippen LogP contribution in [0.3, 0.4) is 0 Å². The molecule has 0 unspecified atom stereocenters. The molecule has 0 radical (unpaired) electrons. The zero-order valence-corrected chi connectivity index (χ0v) is 20.0. The van der Waals surface area contributed by atoms with Crippen molar-refractivity contribution >= 4 is 49.1 Å². The predicted octanol–water partition coefficient (Wildman–Crippen LogP) is 4.78. The summed E-state index contributed by atoms with van der Waals surface area (Å²) in [5, 5.41) is 2.64. The number of carbonyl (C=O) groups is 1. The fourth-order valence-electron chi connectivity index (χ4n) is 2.96. The van der Waals surface area contributed by atoms with Crippen LogP contribution in [0, 0.1) is 5.82 Å². The summed E-state index contributed by atoms with van der Waals surface area (Å²) in [6.07, 6.45) is 0.0347. The van der Waals surface area contributed by atoms with Gasteiger partial charge in [0.25, 0.3) is 0 Å². The van der Waals surface area contributed by atoms with Crippen molar-refractivity contribution in [1.82, 2.24) is 4.72 Å². The summed E-state index contributed by atoms with van der Waals surface area (Å²) in [5.74, 6) is -1.31. The number of carbonyl (C=O) groups excluding carboxylic acids is 1. The highest BCUT2D eigenvalue weighted by Crippen LogP contribution is 2.27. The van der Waals surface area contributed by atoms with Crippen LogP contribution in [0.15, 0.2) is 76.1 Å². The number of amides is 1. The molecule has 0 aromatic heterocycles. The normalized spacial score (nSPS) is 12.2. The van der Waals surface area contributed by atoms with Gasteiger partial charge in [0.2, 0.25) is 15.9 Å². The smallest absolute Gasteiger partial charge is 0.245 e. The highest BCUT2D eigenvalue weighted by atomic mass is 79.9. The van der Waals surface area contributed by atoms with Crippen molar-refractivity contribution in [3.63, 3.8) is 0 Å². The molecule has 1 atom stereocenters. The first-order valence-corrected chi connectivity index (χ1v) is 12.0. The van der Waals surface area contributed by atoms with Crippen LogP contribution in [0.1, 0.15) is 5.56 Å². The van der Waals surface area contributed by atoms with E-state index in [1.807, 2.05) is 0 Å². The van der Waals surface area contributed by atoms with Crippen molar-refractivity contribution < 1.29 is 22.3 Å². The summed E-state index contributed by atoms with van der Waals surface area (Å²) in [6, 6.07) is 15.9. The SMILES string of the molecule is COc1ccc(Cl)cc1S(=O)(=O)N[C@H](Cc1ccccc1)C(=O)Nc1ccc(Br)cc1F. The standard InChI is InChI=1S/C22H19BrClFN2O4S/c1-31-20-10-8-16(24)13-21(20)32(29,30)27-19(11-14-5-3-2-4-6-14)22(28)26-18-9-7-15(23)12-17(18)25/h2-10,12-13,19,27H,11H2,1H3,(H,26,28)/t19-/m1/s1. The molecule has 0 heterocycles. The number of nitrogens with one attached hydrogen (secondary N) is 2. The number of benzene rings is 3. The van der Waals surface area contributed by atoms with Crippen LogP contribution in [0.2, 0.25) is 5.02 Å². The molecule has 1 amide bonds. The monoisotopic (exact) mass is 540 g/mol. The second-order valence-corrected chi connectivity index (χ2v) is 9.81. The van der Waals surface area contributed by atoms with Gasteiger partial charge < -0.3 is 10.1 Å². The van der Waals surface area contributed by atoms with Crippen molar-refractivity contribution in [3.8, 4) is 5.75 Å². The zero-order valence-electron chi connectivity index (χ0n) is 16.8. The molecule has 6 nitrogen and oxygen atoms in total. The van der Waals surface area contributed by atoms with Gasteiger partial charge in [0, 0.05) is 9.50 Å². The molecule has 0 aliphatic rings. The number of ether oxygens (including phenoxy) is 1. The van der Waals surface area contributed by atoms with Gasteiger partial charge in [0.05, 0.1) is 12.8 Å². The van der Waals surface area contributed by atoms with Gasteiger partial charge in [-0.2, -0.15) is 4.72 Å². The largest absolute Gasteiger partial charge is 0.495 e. The second kappa shape index (κ2) is 10.4. The average molecular weight is 542 g/mol. The molecule has 0 saturated heterocycles. The average Bonchev–Trinajstić information content (AvgIpc) is 2.75. The van der Waals surface area contributed by atoms with Gasteiger partial charge in [-0.05, 0) is 48.4 Å². The molecule has 3 aromatic rings. The Bertz CT molecular complexity index is 1230. The summed E-state index contributed by atoms with van der Waals surface area (Å²) < 4.78 is 48.5. The van der Waals surface area contributed by atoms with E-state index in [-0.39, 0.29) is 27.8 Å². The third-order valence-electron chi connectivity index (χ3n) is 4.50. The van der Waals surface area contributed by atoms with Gasteiger partial charge in [-0.3, -0.25) is 4.79 Å². The number of halogens is 3. The molecular formula is C22H19BrClFN2O4S. The van der Waals surface area contributed by atoms with Crippen molar-refractivity contribution in [3.05, 3.63) is 87.6 Å². The Hall–Kier alpha value is -2.46. The highest BCUT2D eigenvalue weighted by molar-refractivity contribution is 9.10. The van der Waals surface area contributed by atoms with Crippen LogP contribution in [0.5, 0.6) is 5.75 Å². The van der Waals surface area contributed by atoms with Crippen LogP contribution in [0.25, 0.3) is 0 Å². The Morgan fingerprint density at radius 1 is 1.12 bits per heavy atom. The molecule has 0 aliphatic carbocycles. The second-order valence-electron chi connectivity index (χ2n) is 6.77. The number of methoxy groups -OCH3 is 1. The van der Waals surface area contributed by atoms with E-state index in [1.54, 1.807) is 36.4 Å². The quantitative estimate of drug-likeness (QED) is 0.430. The molecule has 0 fully saturated rings. The van der Waals surface area contributed by atoms with Crippen LogP contribution in [0.4, 0.5) is 10.1 Å². The Morgan fingerprint density at radius 3 is 2.50 bits per heavy atom. The summed E-state index contributed by atoms with van der Waals surface area (Å²) in [4.78, 5) is 12.8. The van der Waals surface area contributed by atoms with E-state index < -0.39 is 27.8 Å².